The second-order valence-electron chi connectivity index (χ2n) is 5.40. The molecule has 134 valence electrons. The highest BCUT2D eigenvalue weighted by Gasteiger charge is 2.14. The van der Waals surface area contributed by atoms with Crippen LogP contribution in [0, 0.1) is 0 Å². The van der Waals surface area contributed by atoms with Crippen LogP contribution in [0.15, 0.2) is 30.4 Å². The molecule has 0 heterocycles. The molecule has 8 heteroatoms. The SMILES string of the molecule is C=C(C)C(=O)NCC(=O)NCC(=O)CCc1cccc(C(=O)O)c1O. The first-order valence-corrected chi connectivity index (χ1v) is 7.48. The summed E-state index contributed by atoms with van der Waals surface area (Å²) in [6.45, 7) is 4.45. The first-order chi connectivity index (χ1) is 11.7. The molecule has 0 aliphatic rings. The van der Waals surface area contributed by atoms with Crippen LogP contribution in [-0.4, -0.2) is 46.9 Å². The first kappa shape index (κ1) is 19.9. The van der Waals surface area contributed by atoms with E-state index in [1.165, 1.54) is 25.1 Å². The lowest BCUT2D eigenvalue weighted by molar-refractivity contribution is -0.126. The number of amides is 2. The number of carbonyl (C=O) groups is 4. The number of nitrogens with one attached hydrogen (secondary N) is 2. The average Bonchev–Trinajstić information content (AvgIpc) is 2.56. The van der Waals surface area contributed by atoms with E-state index < -0.39 is 17.8 Å². The van der Waals surface area contributed by atoms with Gasteiger partial charge in [-0.1, -0.05) is 18.7 Å². The molecule has 0 saturated heterocycles. The monoisotopic (exact) mass is 348 g/mol. The number of Topliss-reactive ketones (excluding diaryl/α,β-unsaturated/α-hetero) is 1. The van der Waals surface area contributed by atoms with Crippen molar-refractivity contribution in [3.8, 4) is 5.75 Å². The summed E-state index contributed by atoms with van der Waals surface area (Å²) in [6, 6.07) is 4.28. The minimum absolute atomic E-state index is 0.0229. The number of rotatable bonds is 9. The van der Waals surface area contributed by atoms with E-state index in [0.717, 1.165) is 0 Å². The minimum Gasteiger partial charge on any atom is -0.507 e. The van der Waals surface area contributed by atoms with Crippen molar-refractivity contribution in [1.29, 1.82) is 0 Å². The summed E-state index contributed by atoms with van der Waals surface area (Å²) in [7, 11) is 0. The third-order valence-electron chi connectivity index (χ3n) is 3.30. The smallest absolute Gasteiger partial charge is 0.339 e. The molecule has 0 aliphatic heterocycles. The Balaban J connectivity index is 2.42. The number of phenols is 1. The van der Waals surface area contributed by atoms with Crippen LogP contribution in [0.3, 0.4) is 0 Å². The number of carboxylic acids is 1. The molecule has 1 rings (SSSR count). The number of hydrogen-bond acceptors (Lipinski definition) is 5. The molecule has 25 heavy (non-hydrogen) atoms. The van der Waals surface area contributed by atoms with Crippen molar-refractivity contribution in [3.05, 3.63) is 41.5 Å². The lowest BCUT2D eigenvalue weighted by atomic mass is 10.0. The Bertz CT molecular complexity index is 711. The molecule has 0 bridgehead atoms. The van der Waals surface area contributed by atoms with E-state index in [1.54, 1.807) is 0 Å². The Hall–Kier alpha value is -3.16. The molecule has 1 aromatic rings. The maximum Gasteiger partial charge on any atom is 0.339 e. The highest BCUT2D eigenvalue weighted by molar-refractivity contribution is 5.95. The highest BCUT2D eigenvalue weighted by atomic mass is 16.4. The van der Waals surface area contributed by atoms with Crippen LogP contribution in [0.2, 0.25) is 0 Å². The summed E-state index contributed by atoms with van der Waals surface area (Å²) < 4.78 is 0. The van der Waals surface area contributed by atoms with E-state index in [0.29, 0.717) is 5.56 Å². The van der Waals surface area contributed by atoms with Crippen LogP contribution >= 0.6 is 0 Å². The number of benzene rings is 1. The molecular weight excluding hydrogens is 328 g/mol. The number of ketones is 1. The summed E-state index contributed by atoms with van der Waals surface area (Å²) in [5.41, 5.74) is 0.382. The number of carboxylic acid groups (broad SMARTS) is 1. The van der Waals surface area contributed by atoms with Crippen molar-refractivity contribution in [3.63, 3.8) is 0 Å². The molecule has 0 aromatic heterocycles. The van der Waals surface area contributed by atoms with E-state index in [-0.39, 0.29) is 48.6 Å². The van der Waals surface area contributed by atoms with Crippen molar-refractivity contribution in [2.24, 2.45) is 0 Å². The van der Waals surface area contributed by atoms with Gasteiger partial charge in [0, 0.05) is 12.0 Å². The summed E-state index contributed by atoms with van der Waals surface area (Å²) in [5.74, 6) is -2.88. The van der Waals surface area contributed by atoms with Crippen LogP contribution in [0.1, 0.15) is 29.3 Å². The zero-order valence-corrected chi connectivity index (χ0v) is 13.8. The fourth-order valence-electron chi connectivity index (χ4n) is 1.90. The summed E-state index contributed by atoms with van der Waals surface area (Å²) in [5, 5.41) is 23.5. The molecule has 0 saturated carbocycles. The van der Waals surface area contributed by atoms with Gasteiger partial charge < -0.3 is 20.8 Å². The molecule has 4 N–H and O–H groups in total. The maximum absolute atomic E-state index is 11.8. The molecule has 0 fully saturated rings. The molecule has 0 atom stereocenters. The molecule has 1 aromatic carbocycles. The molecule has 8 nitrogen and oxygen atoms in total. The first-order valence-electron chi connectivity index (χ1n) is 7.48. The molecular formula is C17H20N2O6. The van der Waals surface area contributed by atoms with Crippen LogP contribution in [0.5, 0.6) is 5.75 Å². The van der Waals surface area contributed by atoms with E-state index in [9.17, 15) is 24.3 Å². The van der Waals surface area contributed by atoms with Gasteiger partial charge in [0.2, 0.25) is 11.8 Å². The number of hydrogen-bond donors (Lipinski definition) is 4. The zero-order valence-electron chi connectivity index (χ0n) is 13.8. The Morgan fingerprint density at radius 3 is 2.40 bits per heavy atom. The van der Waals surface area contributed by atoms with Crippen molar-refractivity contribution < 1.29 is 29.4 Å². The fraction of sp³-hybridized carbons (Fsp3) is 0.294. The van der Waals surface area contributed by atoms with Crippen molar-refractivity contribution in [1.82, 2.24) is 10.6 Å². The van der Waals surface area contributed by atoms with E-state index in [2.05, 4.69) is 17.2 Å². The molecule has 0 spiro atoms. The van der Waals surface area contributed by atoms with Gasteiger partial charge in [-0.2, -0.15) is 0 Å². The third kappa shape index (κ3) is 6.46. The number of aryl methyl sites for hydroxylation is 1. The van der Waals surface area contributed by atoms with Gasteiger partial charge >= 0.3 is 5.97 Å². The van der Waals surface area contributed by atoms with Gasteiger partial charge in [0.1, 0.15) is 11.3 Å². The zero-order chi connectivity index (χ0) is 19.0. The quantitative estimate of drug-likeness (QED) is 0.478. The van der Waals surface area contributed by atoms with Gasteiger partial charge in [-0.15, -0.1) is 0 Å². The summed E-state index contributed by atoms with van der Waals surface area (Å²) >= 11 is 0. The van der Waals surface area contributed by atoms with Crippen LogP contribution in [0.4, 0.5) is 0 Å². The second-order valence-corrected chi connectivity index (χ2v) is 5.40. The maximum atomic E-state index is 11.8. The van der Waals surface area contributed by atoms with Gasteiger partial charge in [0.15, 0.2) is 5.78 Å². The number of aromatic carboxylic acids is 1. The van der Waals surface area contributed by atoms with Crippen molar-refractivity contribution >= 4 is 23.6 Å². The second kappa shape index (κ2) is 9.21. The topological polar surface area (TPSA) is 133 Å². The average molecular weight is 348 g/mol. The van der Waals surface area contributed by atoms with Gasteiger partial charge in [-0.05, 0) is 25.0 Å². The van der Waals surface area contributed by atoms with Crippen LogP contribution < -0.4 is 10.6 Å². The van der Waals surface area contributed by atoms with Crippen molar-refractivity contribution in [2.75, 3.05) is 13.1 Å². The van der Waals surface area contributed by atoms with E-state index in [1.807, 2.05) is 0 Å². The standard InChI is InChI=1S/C17H20N2O6/c1-10(2)16(23)19-9-14(21)18-8-12(20)7-6-11-4-3-5-13(15(11)22)17(24)25/h3-5,22H,1,6-9H2,2H3,(H,18,21)(H,19,23)(H,24,25). The summed E-state index contributed by atoms with van der Waals surface area (Å²) in [4.78, 5) is 45.5. The van der Waals surface area contributed by atoms with Crippen LogP contribution in [0.25, 0.3) is 0 Å². The van der Waals surface area contributed by atoms with Crippen LogP contribution in [-0.2, 0) is 20.8 Å². The number of aromatic hydroxyl groups is 1. The van der Waals surface area contributed by atoms with E-state index >= 15 is 0 Å². The Labute approximate surface area is 144 Å². The predicted molar refractivity (Wildman–Crippen MR) is 89.2 cm³/mol. The van der Waals surface area contributed by atoms with E-state index in [4.69, 9.17) is 5.11 Å². The third-order valence-corrected chi connectivity index (χ3v) is 3.30. The molecule has 2 amide bonds. The largest absolute Gasteiger partial charge is 0.507 e. The van der Waals surface area contributed by atoms with Gasteiger partial charge in [0.25, 0.3) is 0 Å². The molecule has 0 unspecified atom stereocenters. The normalized spacial score (nSPS) is 9.96. The molecule has 0 radical (unpaired) electrons. The minimum atomic E-state index is -1.25. The Morgan fingerprint density at radius 2 is 1.80 bits per heavy atom. The molecule has 0 aliphatic carbocycles. The van der Waals surface area contributed by atoms with Crippen molar-refractivity contribution in [2.45, 2.75) is 19.8 Å². The lowest BCUT2D eigenvalue weighted by Crippen LogP contribution is -2.39. The highest BCUT2D eigenvalue weighted by Crippen LogP contribution is 2.23. The Morgan fingerprint density at radius 1 is 1.12 bits per heavy atom. The number of carbonyl (C=O) groups excluding carboxylic acids is 3. The van der Waals surface area contributed by atoms with Gasteiger partial charge in [-0.3, -0.25) is 14.4 Å². The summed E-state index contributed by atoms with van der Waals surface area (Å²) in [6.07, 6.45) is 0.170. The van der Waals surface area contributed by atoms with Gasteiger partial charge in [0.05, 0.1) is 13.1 Å². The Kier molecular flexibility index (Phi) is 7.33. The fourth-order valence-corrected chi connectivity index (χ4v) is 1.90. The van der Waals surface area contributed by atoms with Gasteiger partial charge in [-0.25, -0.2) is 4.79 Å². The lowest BCUT2D eigenvalue weighted by Gasteiger charge is -2.08. The number of para-hydroxylation sites is 1. The predicted octanol–water partition coefficient (Wildman–Crippen LogP) is 0.401.